The average Bonchev–Trinajstić information content (AvgIpc) is 3.46. The second-order valence-electron chi connectivity index (χ2n) is 7.69. The van der Waals surface area contributed by atoms with Crippen LogP contribution in [-0.4, -0.2) is 41.0 Å². The van der Waals surface area contributed by atoms with E-state index in [2.05, 4.69) is 16.8 Å². The number of fused-ring (bicyclic) bond motifs is 1. The number of benzene rings is 1. The molecule has 1 aliphatic heterocycles. The van der Waals surface area contributed by atoms with Crippen LogP contribution in [0.5, 0.6) is 0 Å². The van der Waals surface area contributed by atoms with Crippen molar-refractivity contribution in [2.75, 3.05) is 25.0 Å². The van der Waals surface area contributed by atoms with Crippen LogP contribution in [0, 0.1) is 6.92 Å². The zero-order chi connectivity index (χ0) is 19.0. The SMILES string of the molecule is Cc1nc(CCCN(C)C2CC2)c2c(n1)N(c1ccc(Cl)cc1Cl)CCC2. The van der Waals surface area contributed by atoms with Crippen molar-refractivity contribution < 1.29 is 0 Å². The van der Waals surface area contributed by atoms with Crippen molar-refractivity contribution in [2.45, 2.75) is 51.5 Å². The third-order valence-corrected chi connectivity index (χ3v) is 6.08. The summed E-state index contributed by atoms with van der Waals surface area (Å²) < 4.78 is 0. The summed E-state index contributed by atoms with van der Waals surface area (Å²) in [7, 11) is 2.24. The highest BCUT2D eigenvalue weighted by atomic mass is 35.5. The Morgan fingerprint density at radius 1 is 1.22 bits per heavy atom. The molecule has 1 saturated carbocycles. The molecule has 0 atom stereocenters. The highest BCUT2D eigenvalue weighted by Crippen LogP contribution is 2.38. The Kier molecular flexibility index (Phi) is 5.58. The molecular formula is C21H26Cl2N4. The second-order valence-corrected chi connectivity index (χ2v) is 8.53. The van der Waals surface area contributed by atoms with Crippen molar-refractivity contribution in [2.24, 2.45) is 0 Å². The molecule has 144 valence electrons. The molecule has 1 aromatic carbocycles. The van der Waals surface area contributed by atoms with Gasteiger partial charge in [0.05, 0.1) is 10.7 Å². The van der Waals surface area contributed by atoms with E-state index in [1.807, 2.05) is 19.1 Å². The van der Waals surface area contributed by atoms with Gasteiger partial charge >= 0.3 is 0 Å². The first-order valence-corrected chi connectivity index (χ1v) is 10.6. The molecule has 1 fully saturated rings. The summed E-state index contributed by atoms with van der Waals surface area (Å²) in [5, 5.41) is 1.32. The summed E-state index contributed by atoms with van der Waals surface area (Å²) in [6, 6.07) is 6.49. The summed E-state index contributed by atoms with van der Waals surface area (Å²) in [4.78, 5) is 14.3. The smallest absolute Gasteiger partial charge is 0.140 e. The number of hydrogen-bond donors (Lipinski definition) is 0. The van der Waals surface area contributed by atoms with Crippen LogP contribution in [0.2, 0.25) is 10.0 Å². The van der Waals surface area contributed by atoms with Gasteiger partial charge in [0, 0.05) is 28.9 Å². The van der Waals surface area contributed by atoms with Crippen LogP contribution < -0.4 is 4.90 Å². The fourth-order valence-corrected chi connectivity index (χ4v) is 4.48. The lowest BCUT2D eigenvalue weighted by Gasteiger charge is -2.32. The summed E-state index contributed by atoms with van der Waals surface area (Å²) in [6.07, 6.45) is 6.96. The van der Waals surface area contributed by atoms with E-state index in [4.69, 9.17) is 33.2 Å². The van der Waals surface area contributed by atoms with Gasteiger partial charge in [-0.05, 0) is 77.2 Å². The van der Waals surface area contributed by atoms with Crippen LogP contribution >= 0.6 is 23.2 Å². The molecule has 0 N–H and O–H groups in total. The van der Waals surface area contributed by atoms with Crippen molar-refractivity contribution >= 4 is 34.7 Å². The molecule has 6 heteroatoms. The molecule has 0 bridgehead atoms. The van der Waals surface area contributed by atoms with E-state index in [0.717, 1.165) is 62.1 Å². The predicted octanol–water partition coefficient (Wildman–Crippen LogP) is 5.20. The minimum atomic E-state index is 0.653. The van der Waals surface area contributed by atoms with E-state index in [9.17, 15) is 0 Å². The van der Waals surface area contributed by atoms with Crippen LogP contribution in [-0.2, 0) is 12.8 Å². The summed E-state index contributed by atoms with van der Waals surface area (Å²) in [5.74, 6) is 1.85. The maximum absolute atomic E-state index is 6.49. The van der Waals surface area contributed by atoms with Gasteiger partial charge in [0.15, 0.2) is 0 Å². The monoisotopic (exact) mass is 404 g/mol. The van der Waals surface area contributed by atoms with Crippen molar-refractivity contribution in [1.82, 2.24) is 14.9 Å². The van der Waals surface area contributed by atoms with E-state index in [-0.39, 0.29) is 0 Å². The Labute approximate surface area is 171 Å². The van der Waals surface area contributed by atoms with Gasteiger partial charge in [0.1, 0.15) is 11.6 Å². The Bertz CT molecular complexity index is 835. The van der Waals surface area contributed by atoms with Gasteiger partial charge in [-0.15, -0.1) is 0 Å². The molecule has 1 aliphatic carbocycles. The Hall–Kier alpha value is -1.36. The topological polar surface area (TPSA) is 32.3 Å². The number of aryl methyl sites for hydroxylation is 2. The van der Waals surface area contributed by atoms with Gasteiger partial charge < -0.3 is 9.80 Å². The number of hydrogen-bond acceptors (Lipinski definition) is 4. The summed E-state index contributed by atoms with van der Waals surface area (Å²) in [6.45, 7) is 4.03. The number of aromatic nitrogens is 2. The standard InChI is InChI=1S/C21H26Cl2N4/c1-14-24-19(6-4-11-26(2)16-8-9-16)17-5-3-12-27(21(17)25-14)20-10-7-15(22)13-18(20)23/h7,10,13,16H,3-6,8-9,11-12H2,1-2H3. The molecule has 0 amide bonds. The van der Waals surface area contributed by atoms with E-state index < -0.39 is 0 Å². The normalized spacial score (nSPS) is 16.7. The minimum Gasteiger partial charge on any atom is -0.325 e. The molecule has 4 nitrogen and oxygen atoms in total. The van der Waals surface area contributed by atoms with E-state index in [0.29, 0.717) is 10.0 Å². The maximum Gasteiger partial charge on any atom is 0.140 e. The Morgan fingerprint density at radius 2 is 2.04 bits per heavy atom. The Balaban J connectivity index is 1.59. The van der Waals surface area contributed by atoms with E-state index >= 15 is 0 Å². The van der Waals surface area contributed by atoms with Crippen LogP contribution in [0.3, 0.4) is 0 Å². The third kappa shape index (κ3) is 4.23. The molecular weight excluding hydrogens is 379 g/mol. The van der Waals surface area contributed by atoms with Crippen molar-refractivity contribution in [3.63, 3.8) is 0 Å². The van der Waals surface area contributed by atoms with Crippen molar-refractivity contribution in [3.8, 4) is 0 Å². The molecule has 0 radical (unpaired) electrons. The second kappa shape index (κ2) is 7.94. The first-order chi connectivity index (χ1) is 13.0. The van der Waals surface area contributed by atoms with Crippen LogP contribution in [0.25, 0.3) is 0 Å². The van der Waals surface area contributed by atoms with Gasteiger partial charge in [0.2, 0.25) is 0 Å². The van der Waals surface area contributed by atoms with Gasteiger partial charge in [-0.3, -0.25) is 0 Å². The van der Waals surface area contributed by atoms with Crippen molar-refractivity contribution in [3.05, 3.63) is 45.3 Å². The van der Waals surface area contributed by atoms with Gasteiger partial charge in [0.25, 0.3) is 0 Å². The lowest BCUT2D eigenvalue weighted by atomic mass is 10.00. The van der Waals surface area contributed by atoms with E-state index in [1.165, 1.54) is 24.1 Å². The fraction of sp³-hybridized carbons (Fsp3) is 0.524. The molecule has 27 heavy (non-hydrogen) atoms. The fourth-order valence-electron chi connectivity index (χ4n) is 3.97. The molecule has 2 aromatic rings. The van der Waals surface area contributed by atoms with Gasteiger partial charge in [-0.1, -0.05) is 23.2 Å². The van der Waals surface area contributed by atoms with Crippen LogP contribution in [0.1, 0.15) is 42.8 Å². The molecule has 0 saturated heterocycles. The third-order valence-electron chi connectivity index (χ3n) is 5.54. The quantitative estimate of drug-likeness (QED) is 0.661. The average molecular weight is 405 g/mol. The zero-order valence-electron chi connectivity index (χ0n) is 16.0. The number of nitrogens with zero attached hydrogens (tertiary/aromatic N) is 4. The summed E-state index contributed by atoms with van der Waals surface area (Å²) >= 11 is 12.6. The predicted molar refractivity (Wildman–Crippen MR) is 113 cm³/mol. The highest BCUT2D eigenvalue weighted by Gasteiger charge is 2.27. The molecule has 1 aromatic heterocycles. The number of rotatable bonds is 6. The largest absolute Gasteiger partial charge is 0.325 e. The van der Waals surface area contributed by atoms with Crippen LogP contribution in [0.15, 0.2) is 18.2 Å². The number of halogens is 2. The molecule has 4 rings (SSSR count). The van der Waals surface area contributed by atoms with Gasteiger partial charge in [-0.25, -0.2) is 9.97 Å². The molecule has 0 spiro atoms. The van der Waals surface area contributed by atoms with E-state index in [1.54, 1.807) is 6.07 Å². The maximum atomic E-state index is 6.49. The van der Waals surface area contributed by atoms with Gasteiger partial charge in [-0.2, -0.15) is 0 Å². The zero-order valence-corrected chi connectivity index (χ0v) is 17.5. The molecule has 2 aliphatic rings. The molecule has 2 heterocycles. The minimum absolute atomic E-state index is 0.653. The van der Waals surface area contributed by atoms with Crippen molar-refractivity contribution in [1.29, 1.82) is 0 Å². The Morgan fingerprint density at radius 3 is 2.78 bits per heavy atom. The lowest BCUT2D eigenvalue weighted by molar-refractivity contribution is 0.319. The summed E-state index contributed by atoms with van der Waals surface area (Å²) in [5.41, 5.74) is 3.46. The van der Waals surface area contributed by atoms with Crippen LogP contribution in [0.4, 0.5) is 11.5 Å². The lowest BCUT2D eigenvalue weighted by Crippen LogP contribution is -2.28. The first-order valence-electron chi connectivity index (χ1n) is 9.82. The number of anilines is 2. The molecule has 0 unspecified atom stereocenters. The first kappa shape index (κ1) is 19.0. The highest BCUT2D eigenvalue weighted by molar-refractivity contribution is 6.36.